The molecule has 0 aromatic heterocycles. The molecule has 118 valence electrons. The fourth-order valence-electron chi connectivity index (χ4n) is 2.37. The number of carbonyl (C=O) groups is 2. The Morgan fingerprint density at radius 3 is 2.50 bits per heavy atom. The van der Waals surface area contributed by atoms with Gasteiger partial charge in [-0.2, -0.15) is 0 Å². The van der Waals surface area contributed by atoms with E-state index >= 15 is 0 Å². The van der Waals surface area contributed by atoms with E-state index in [1.54, 1.807) is 18.2 Å². The van der Waals surface area contributed by atoms with Crippen LogP contribution in [0.5, 0.6) is 0 Å². The lowest BCUT2D eigenvalue weighted by atomic mass is 10.1. The van der Waals surface area contributed by atoms with Gasteiger partial charge in [0.1, 0.15) is 12.4 Å². The van der Waals surface area contributed by atoms with Crippen LogP contribution in [0.3, 0.4) is 0 Å². The molecule has 1 aliphatic rings. The van der Waals surface area contributed by atoms with E-state index in [-0.39, 0.29) is 24.3 Å². The maximum atomic E-state index is 12.8. The number of rotatable bonds is 5. The Morgan fingerprint density at radius 2 is 1.91 bits per heavy atom. The van der Waals surface area contributed by atoms with E-state index < -0.39 is 5.97 Å². The van der Waals surface area contributed by atoms with Gasteiger partial charge in [0.2, 0.25) is 5.91 Å². The SMILES string of the molecule is O=C(O)CN(C(=O)C=Cc1ccc(F)cc1)C1CCOCC1. The Balaban J connectivity index is 2.07. The Hall–Kier alpha value is -2.21. The van der Waals surface area contributed by atoms with Crippen LogP contribution in [0, 0.1) is 5.82 Å². The smallest absolute Gasteiger partial charge is 0.323 e. The van der Waals surface area contributed by atoms with E-state index in [1.807, 2.05) is 0 Å². The third-order valence-electron chi connectivity index (χ3n) is 3.51. The van der Waals surface area contributed by atoms with Gasteiger partial charge < -0.3 is 14.7 Å². The fraction of sp³-hybridized carbons (Fsp3) is 0.375. The topological polar surface area (TPSA) is 66.8 Å². The molecule has 0 radical (unpaired) electrons. The molecule has 1 heterocycles. The van der Waals surface area contributed by atoms with Gasteiger partial charge in [-0.1, -0.05) is 12.1 Å². The average molecular weight is 307 g/mol. The van der Waals surface area contributed by atoms with Crippen molar-refractivity contribution in [1.29, 1.82) is 0 Å². The van der Waals surface area contributed by atoms with Crippen LogP contribution >= 0.6 is 0 Å². The van der Waals surface area contributed by atoms with Crippen LogP contribution in [-0.4, -0.2) is 47.7 Å². The molecular weight excluding hydrogens is 289 g/mol. The lowest BCUT2D eigenvalue weighted by Crippen LogP contribution is -2.45. The van der Waals surface area contributed by atoms with Gasteiger partial charge in [0, 0.05) is 25.3 Å². The molecule has 0 bridgehead atoms. The number of carboxylic acid groups (broad SMARTS) is 1. The highest BCUT2D eigenvalue weighted by atomic mass is 19.1. The van der Waals surface area contributed by atoms with Crippen LogP contribution in [0.25, 0.3) is 6.08 Å². The number of nitrogens with zero attached hydrogens (tertiary/aromatic N) is 1. The van der Waals surface area contributed by atoms with Crippen molar-refractivity contribution in [2.75, 3.05) is 19.8 Å². The normalized spacial score (nSPS) is 15.9. The maximum absolute atomic E-state index is 12.8. The van der Waals surface area contributed by atoms with Crippen LogP contribution in [0.2, 0.25) is 0 Å². The number of halogens is 1. The minimum absolute atomic E-state index is 0.129. The first-order chi connectivity index (χ1) is 10.6. The standard InChI is InChI=1S/C16H18FNO4/c17-13-4-1-12(2-5-13)3-6-15(19)18(11-16(20)21)14-7-9-22-10-8-14/h1-6,14H,7-11H2,(H,20,21). The monoisotopic (exact) mass is 307 g/mol. The van der Waals surface area contributed by atoms with Crippen LogP contribution < -0.4 is 0 Å². The molecule has 1 N–H and O–H groups in total. The largest absolute Gasteiger partial charge is 0.480 e. The summed E-state index contributed by atoms with van der Waals surface area (Å²) in [4.78, 5) is 24.6. The quantitative estimate of drug-likeness (QED) is 0.844. The number of amides is 1. The molecule has 2 rings (SSSR count). The summed E-state index contributed by atoms with van der Waals surface area (Å²) in [7, 11) is 0. The lowest BCUT2D eigenvalue weighted by Gasteiger charge is -2.32. The average Bonchev–Trinajstić information content (AvgIpc) is 2.52. The first kappa shape index (κ1) is 16.2. The molecule has 0 atom stereocenters. The summed E-state index contributed by atoms with van der Waals surface area (Å²) in [5.74, 6) is -1.76. The Morgan fingerprint density at radius 1 is 1.27 bits per heavy atom. The number of carbonyl (C=O) groups excluding carboxylic acids is 1. The fourth-order valence-corrected chi connectivity index (χ4v) is 2.37. The number of aliphatic carboxylic acids is 1. The number of benzene rings is 1. The van der Waals surface area contributed by atoms with Gasteiger partial charge in [-0.3, -0.25) is 9.59 Å². The van der Waals surface area contributed by atoms with Crippen molar-refractivity contribution >= 4 is 18.0 Å². The van der Waals surface area contributed by atoms with Gasteiger partial charge in [0.15, 0.2) is 0 Å². The summed E-state index contributed by atoms with van der Waals surface area (Å²) in [6.07, 6.45) is 4.13. The second-order valence-corrected chi connectivity index (χ2v) is 5.09. The van der Waals surface area contributed by atoms with E-state index in [1.165, 1.54) is 23.1 Å². The molecule has 1 aromatic rings. The van der Waals surface area contributed by atoms with Gasteiger partial charge >= 0.3 is 5.97 Å². The predicted molar refractivity (Wildman–Crippen MR) is 78.6 cm³/mol. The summed E-state index contributed by atoms with van der Waals surface area (Å²) in [5, 5.41) is 8.99. The second-order valence-electron chi connectivity index (χ2n) is 5.09. The molecule has 0 spiro atoms. The maximum Gasteiger partial charge on any atom is 0.323 e. The molecule has 1 fully saturated rings. The molecule has 0 saturated carbocycles. The number of ether oxygens (including phenoxy) is 1. The van der Waals surface area contributed by atoms with Crippen molar-refractivity contribution in [3.63, 3.8) is 0 Å². The molecule has 1 aromatic carbocycles. The Bertz CT molecular complexity index is 550. The summed E-state index contributed by atoms with van der Waals surface area (Å²) in [6.45, 7) is 0.711. The zero-order valence-electron chi connectivity index (χ0n) is 12.1. The lowest BCUT2D eigenvalue weighted by molar-refractivity contribution is -0.145. The van der Waals surface area contributed by atoms with Crippen LogP contribution in [0.15, 0.2) is 30.3 Å². The number of carboxylic acids is 1. The molecule has 22 heavy (non-hydrogen) atoms. The molecule has 1 amide bonds. The first-order valence-electron chi connectivity index (χ1n) is 7.10. The second kappa shape index (κ2) is 7.70. The molecule has 0 aliphatic carbocycles. The van der Waals surface area contributed by atoms with E-state index in [9.17, 15) is 14.0 Å². The highest BCUT2D eigenvalue weighted by Crippen LogP contribution is 2.15. The molecule has 1 aliphatic heterocycles. The predicted octanol–water partition coefficient (Wildman–Crippen LogP) is 1.93. The van der Waals surface area contributed by atoms with Crippen molar-refractivity contribution in [2.24, 2.45) is 0 Å². The molecule has 5 nitrogen and oxygen atoms in total. The van der Waals surface area contributed by atoms with Crippen LogP contribution in [-0.2, 0) is 14.3 Å². The van der Waals surface area contributed by atoms with E-state index in [0.717, 1.165) is 0 Å². The van der Waals surface area contributed by atoms with Gasteiger partial charge in [0.05, 0.1) is 0 Å². The minimum Gasteiger partial charge on any atom is -0.480 e. The van der Waals surface area contributed by atoms with Crippen molar-refractivity contribution in [3.8, 4) is 0 Å². The molecular formula is C16H18FNO4. The van der Waals surface area contributed by atoms with Gasteiger partial charge in [-0.25, -0.2) is 4.39 Å². The van der Waals surface area contributed by atoms with E-state index in [0.29, 0.717) is 31.6 Å². The number of hydrogen-bond acceptors (Lipinski definition) is 3. The van der Waals surface area contributed by atoms with Crippen molar-refractivity contribution in [3.05, 3.63) is 41.7 Å². The van der Waals surface area contributed by atoms with Crippen molar-refractivity contribution in [2.45, 2.75) is 18.9 Å². The third-order valence-corrected chi connectivity index (χ3v) is 3.51. The summed E-state index contributed by atoms with van der Waals surface area (Å²) < 4.78 is 18.1. The zero-order valence-corrected chi connectivity index (χ0v) is 12.1. The van der Waals surface area contributed by atoms with Crippen LogP contribution in [0.4, 0.5) is 4.39 Å². The van der Waals surface area contributed by atoms with Gasteiger partial charge in [-0.15, -0.1) is 0 Å². The third kappa shape index (κ3) is 4.66. The summed E-state index contributed by atoms with van der Waals surface area (Å²) >= 11 is 0. The van der Waals surface area contributed by atoms with E-state index in [2.05, 4.69) is 0 Å². The highest BCUT2D eigenvalue weighted by molar-refractivity contribution is 5.93. The van der Waals surface area contributed by atoms with Gasteiger partial charge in [-0.05, 0) is 36.6 Å². The van der Waals surface area contributed by atoms with Gasteiger partial charge in [0.25, 0.3) is 0 Å². The Labute approximate surface area is 128 Å². The zero-order chi connectivity index (χ0) is 15.9. The van der Waals surface area contributed by atoms with Crippen molar-refractivity contribution in [1.82, 2.24) is 4.90 Å². The van der Waals surface area contributed by atoms with Crippen molar-refractivity contribution < 1.29 is 23.8 Å². The summed E-state index contributed by atoms with van der Waals surface area (Å²) in [6, 6.07) is 5.58. The highest BCUT2D eigenvalue weighted by Gasteiger charge is 2.26. The van der Waals surface area contributed by atoms with E-state index in [4.69, 9.17) is 9.84 Å². The first-order valence-corrected chi connectivity index (χ1v) is 7.10. The summed E-state index contributed by atoms with van der Waals surface area (Å²) in [5.41, 5.74) is 0.678. The molecule has 6 heteroatoms. The molecule has 1 saturated heterocycles. The number of hydrogen-bond donors (Lipinski definition) is 1. The Kier molecular flexibility index (Phi) is 5.66. The minimum atomic E-state index is -1.05. The van der Waals surface area contributed by atoms with Crippen LogP contribution in [0.1, 0.15) is 18.4 Å². The molecule has 0 unspecified atom stereocenters.